The molecule has 288 valence electrons. The molecule has 3 aliphatic rings. The minimum absolute atomic E-state index is 0.0373. The first-order valence-electron chi connectivity index (χ1n) is 18.7. The van der Waals surface area contributed by atoms with E-state index in [1.54, 1.807) is 35.7 Å². The van der Waals surface area contributed by atoms with Gasteiger partial charge in [0.1, 0.15) is 6.10 Å². The zero-order valence-electron chi connectivity index (χ0n) is 32.7. The van der Waals surface area contributed by atoms with Crippen molar-refractivity contribution in [2.24, 2.45) is 17.3 Å². The molecule has 1 aromatic rings. The molecule has 11 nitrogen and oxygen atoms in total. The summed E-state index contributed by atoms with van der Waals surface area (Å²) in [6.07, 6.45) is 0.402. The SMILES string of the molecule is CO[C@]1(C)C[C@@H](C)CN(C)[C@@H](CN2CCN(S(=O)(=O)c3ccccc3)CC2)[C@H](C)OCC(C)(C)C[C@@H](C)[C@H]1O[C@@H]1O[C@H](C)C[C@H](N(C)C)[C@H]1O. The molecular weight excluding hydrogens is 657 g/mol. The van der Waals surface area contributed by atoms with Gasteiger partial charge in [0.15, 0.2) is 6.29 Å². The zero-order valence-corrected chi connectivity index (χ0v) is 33.6. The lowest BCUT2D eigenvalue weighted by Gasteiger charge is -2.47. The molecule has 1 N–H and O–H groups in total. The number of sulfonamides is 1. The normalized spacial score (nSPS) is 37.9. The smallest absolute Gasteiger partial charge is 0.243 e. The molecule has 0 saturated carbocycles. The Kier molecular flexibility index (Phi) is 14.4. The van der Waals surface area contributed by atoms with E-state index in [2.05, 4.69) is 63.3 Å². The first-order valence-corrected chi connectivity index (χ1v) is 20.1. The highest BCUT2D eigenvalue weighted by atomic mass is 32.2. The van der Waals surface area contributed by atoms with Crippen molar-refractivity contribution in [1.29, 1.82) is 0 Å². The van der Waals surface area contributed by atoms with E-state index in [9.17, 15) is 13.5 Å². The lowest BCUT2D eigenvalue weighted by molar-refractivity contribution is -0.298. The highest BCUT2D eigenvalue weighted by Gasteiger charge is 2.47. The van der Waals surface area contributed by atoms with Crippen molar-refractivity contribution < 1.29 is 32.5 Å². The van der Waals surface area contributed by atoms with Crippen molar-refractivity contribution in [3.8, 4) is 0 Å². The van der Waals surface area contributed by atoms with Gasteiger partial charge in [-0.1, -0.05) is 45.9 Å². The second-order valence-corrected chi connectivity index (χ2v) is 18.8. The van der Waals surface area contributed by atoms with Crippen LogP contribution in [0.25, 0.3) is 0 Å². The minimum atomic E-state index is -3.51. The lowest BCUT2D eigenvalue weighted by Crippen LogP contribution is -2.58. The molecule has 3 heterocycles. The van der Waals surface area contributed by atoms with Gasteiger partial charge in [-0.25, -0.2) is 8.42 Å². The van der Waals surface area contributed by atoms with Crippen molar-refractivity contribution in [2.75, 3.05) is 74.1 Å². The Labute approximate surface area is 303 Å². The molecule has 1 aromatic carbocycles. The standard InChI is InChI=1S/C38H68N4O7S/c1-27-22-38(7,46-11)35(49-36-34(43)32(39(8)9)21-29(3)48-36)28(2)23-37(5,6)26-47-30(4)33(40(10)24-27)25-41-17-19-42(20-18-41)50(44,45)31-15-13-12-14-16-31/h12-16,27-30,32-36,43H,17-26H2,1-11H3/t27-,28-,29-,30+,32+,33+,34-,35-,36+,38-/m1/s1. The van der Waals surface area contributed by atoms with Crippen molar-refractivity contribution in [2.45, 2.75) is 121 Å². The van der Waals surface area contributed by atoms with Gasteiger partial charge in [0.2, 0.25) is 10.0 Å². The third-order valence-corrected chi connectivity index (χ3v) is 13.3. The Morgan fingerprint density at radius 2 is 1.64 bits per heavy atom. The first kappa shape index (κ1) is 41.6. The van der Waals surface area contributed by atoms with Crippen LogP contribution in [0.5, 0.6) is 0 Å². The summed E-state index contributed by atoms with van der Waals surface area (Å²) in [5.41, 5.74) is -0.792. The molecule has 0 radical (unpaired) electrons. The number of methoxy groups -OCH3 is 1. The Hall–Kier alpha value is -1.19. The van der Waals surface area contributed by atoms with Gasteiger partial charge in [-0.3, -0.25) is 9.80 Å². The quantitative estimate of drug-likeness (QED) is 0.423. The molecule has 12 heteroatoms. The summed E-state index contributed by atoms with van der Waals surface area (Å²) >= 11 is 0. The summed E-state index contributed by atoms with van der Waals surface area (Å²) in [4.78, 5) is 7.21. The highest BCUT2D eigenvalue weighted by Crippen LogP contribution is 2.39. The van der Waals surface area contributed by atoms with Crippen LogP contribution in [0.2, 0.25) is 0 Å². The maximum absolute atomic E-state index is 13.3. The van der Waals surface area contributed by atoms with E-state index < -0.39 is 28.0 Å². The van der Waals surface area contributed by atoms with E-state index in [1.807, 2.05) is 27.1 Å². The van der Waals surface area contributed by atoms with Crippen LogP contribution in [-0.2, 0) is 29.0 Å². The number of rotatable bonds is 8. The van der Waals surface area contributed by atoms with Crippen molar-refractivity contribution in [3.63, 3.8) is 0 Å². The van der Waals surface area contributed by atoms with Gasteiger partial charge in [-0.2, -0.15) is 4.31 Å². The fourth-order valence-electron chi connectivity index (χ4n) is 8.69. The van der Waals surface area contributed by atoms with Crippen molar-refractivity contribution >= 4 is 10.0 Å². The highest BCUT2D eigenvalue weighted by molar-refractivity contribution is 7.89. The van der Waals surface area contributed by atoms with Gasteiger partial charge >= 0.3 is 0 Å². The van der Waals surface area contributed by atoms with E-state index in [0.717, 1.165) is 32.4 Å². The lowest BCUT2D eigenvalue weighted by atomic mass is 9.75. The van der Waals surface area contributed by atoms with Gasteiger partial charge in [-0.05, 0) is 90.6 Å². The number of ether oxygens (including phenoxy) is 4. The molecular formula is C38H68N4O7S. The Morgan fingerprint density at radius 3 is 2.24 bits per heavy atom. The van der Waals surface area contributed by atoms with Crippen molar-refractivity contribution in [3.05, 3.63) is 30.3 Å². The van der Waals surface area contributed by atoms with Crippen LogP contribution in [0.3, 0.4) is 0 Å². The molecule has 3 aliphatic heterocycles. The third-order valence-electron chi connectivity index (χ3n) is 11.4. The van der Waals surface area contributed by atoms with E-state index >= 15 is 0 Å². The largest absolute Gasteiger partial charge is 0.386 e. The van der Waals surface area contributed by atoms with Crippen LogP contribution in [0.1, 0.15) is 67.7 Å². The van der Waals surface area contributed by atoms with E-state index in [-0.39, 0.29) is 47.6 Å². The molecule has 0 aromatic heterocycles. The summed E-state index contributed by atoms with van der Waals surface area (Å²) < 4.78 is 54.5. The molecule has 0 bridgehead atoms. The number of aliphatic hydroxyl groups excluding tert-OH is 1. The number of benzene rings is 1. The number of piperazine rings is 1. The summed E-state index contributed by atoms with van der Waals surface area (Å²) in [5, 5.41) is 11.4. The van der Waals surface area contributed by atoms with Crippen LogP contribution < -0.4 is 0 Å². The monoisotopic (exact) mass is 724 g/mol. The number of likely N-dealkylation sites (N-methyl/N-ethyl adjacent to an activating group) is 2. The van der Waals surface area contributed by atoms with E-state index in [4.69, 9.17) is 18.9 Å². The van der Waals surface area contributed by atoms with Crippen LogP contribution >= 0.6 is 0 Å². The summed E-state index contributed by atoms with van der Waals surface area (Å²) in [5.74, 6) is 0.342. The topological polar surface area (TPSA) is 104 Å². The molecule has 0 unspecified atom stereocenters. The van der Waals surface area contributed by atoms with Gasteiger partial charge in [-0.15, -0.1) is 0 Å². The van der Waals surface area contributed by atoms with Gasteiger partial charge in [0.25, 0.3) is 0 Å². The Balaban J connectivity index is 1.52. The van der Waals surface area contributed by atoms with E-state index in [0.29, 0.717) is 37.7 Å². The molecule has 0 aliphatic carbocycles. The summed E-state index contributed by atoms with van der Waals surface area (Å²) in [6.45, 7) is 19.8. The average molecular weight is 725 g/mol. The molecule has 0 spiro atoms. The Bertz CT molecular complexity index is 1300. The third kappa shape index (κ3) is 10.3. The van der Waals surface area contributed by atoms with Crippen LogP contribution in [0.15, 0.2) is 35.2 Å². The average Bonchev–Trinajstić information content (AvgIpc) is 3.06. The molecule has 3 saturated heterocycles. The van der Waals surface area contributed by atoms with Crippen LogP contribution in [-0.4, -0.2) is 155 Å². The number of hydrogen-bond donors (Lipinski definition) is 1. The fraction of sp³-hybridized carbons (Fsp3) is 0.842. The van der Waals surface area contributed by atoms with Gasteiger partial charge < -0.3 is 29.0 Å². The summed E-state index contributed by atoms with van der Waals surface area (Å²) in [7, 11) is 4.43. The molecule has 10 atom stereocenters. The summed E-state index contributed by atoms with van der Waals surface area (Å²) in [6, 6.07) is 8.77. The molecule has 0 amide bonds. The van der Waals surface area contributed by atoms with Crippen molar-refractivity contribution in [1.82, 2.24) is 19.0 Å². The maximum atomic E-state index is 13.3. The number of nitrogens with zero attached hydrogens (tertiary/aromatic N) is 4. The first-order chi connectivity index (χ1) is 23.4. The van der Waals surface area contributed by atoms with E-state index in [1.165, 1.54) is 0 Å². The van der Waals surface area contributed by atoms with Gasteiger partial charge in [0.05, 0.1) is 35.4 Å². The predicted molar refractivity (Wildman–Crippen MR) is 198 cm³/mol. The zero-order chi connectivity index (χ0) is 37.0. The molecule has 50 heavy (non-hydrogen) atoms. The molecule has 4 rings (SSSR count). The number of aliphatic hydroxyl groups is 1. The minimum Gasteiger partial charge on any atom is -0.386 e. The predicted octanol–water partition coefficient (Wildman–Crippen LogP) is 4.01. The number of hydrogen-bond acceptors (Lipinski definition) is 10. The maximum Gasteiger partial charge on any atom is 0.243 e. The Morgan fingerprint density at radius 1 is 1.00 bits per heavy atom. The molecule has 3 fully saturated rings. The fourth-order valence-corrected chi connectivity index (χ4v) is 10.1. The van der Waals surface area contributed by atoms with Gasteiger partial charge in [0, 0.05) is 58.5 Å². The van der Waals surface area contributed by atoms with Crippen LogP contribution in [0, 0.1) is 17.3 Å². The van der Waals surface area contributed by atoms with Crippen LogP contribution in [0.4, 0.5) is 0 Å². The second kappa shape index (κ2) is 17.3. The second-order valence-electron chi connectivity index (χ2n) is 16.8.